The van der Waals surface area contributed by atoms with Crippen LogP contribution in [0.15, 0.2) is 73.6 Å². The smallest absolute Gasteiger partial charge is 0.553 e. The average Bonchev–Trinajstić information content (AvgIpc) is 1.63. The van der Waals surface area contributed by atoms with Gasteiger partial charge >= 0.3 is 30.8 Å². The number of carbonyl (C=O) groups excluding carboxylic acids is 2. The Morgan fingerprint density at radius 2 is 0.865 bits per heavy atom. The fourth-order valence-electron chi connectivity index (χ4n) is 9.21. The minimum atomic E-state index is -1.05. The second kappa shape index (κ2) is 34.7. The van der Waals surface area contributed by atoms with Crippen molar-refractivity contribution >= 4 is 165 Å². The first-order valence-corrected chi connectivity index (χ1v) is 31.7. The largest absolute Gasteiger partial charge is 1.00 e. The van der Waals surface area contributed by atoms with Crippen molar-refractivity contribution in [3.05, 3.63) is 162 Å². The molecule has 2 fully saturated rings. The van der Waals surface area contributed by atoms with E-state index in [0.29, 0.717) is 58.7 Å². The zero-order chi connectivity index (χ0) is 64.8. The summed E-state index contributed by atoms with van der Waals surface area (Å²) in [6, 6.07) is 16.5. The third kappa shape index (κ3) is 17.7. The van der Waals surface area contributed by atoms with Crippen LogP contribution in [0.3, 0.4) is 0 Å². The number of hydrogen-bond donors (Lipinski definition) is 8. The molecule has 25 nitrogen and oxygen atoms in total. The normalized spacial score (nSPS) is 11.8. The van der Waals surface area contributed by atoms with Gasteiger partial charge in [-0.05, 0) is 137 Å². The van der Waals surface area contributed by atoms with Crippen molar-refractivity contribution in [3.8, 4) is 0 Å². The molecule has 0 bridgehead atoms. The van der Waals surface area contributed by atoms with Gasteiger partial charge in [0.05, 0.1) is 86.6 Å². The molecule has 96 heavy (non-hydrogen) atoms. The number of anilines is 3. The van der Waals surface area contributed by atoms with E-state index < -0.39 is 11.9 Å². The number of aromatic carboxylic acids is 1. The van der Waals surface area contributed by atoms with Gasteiger partial charge in [-0.1, -0.05) is 75.3 Å². The zero-order valence-electron chi connectivity index (χ0n) is 51.6. The molecule has 0 atom stereocenters. The molecule has 32 heteroatoms. The van der Waals surface area contributed by atoms with Gasteiger partial charge in [-0.3, -0.25) is 4.79 Å². The van der Waals surface area contributed by atoms with Crippen molar-refractivity contribution in [2.24, 2.45) is 5.73 Å². The predicted octanol–water partition coefficient (Wildman–Crippen LogP) is 12.5. The number of esters is 1. The Morgan fingerprint density at radius 1 is 0.542 bits per heavy atom. The van der Waals surface area contributed by atoms with Crippen molar-refractivity contribution in [2.75, 3.05) is 23.1 Å². The summed E-state index contributed by atoms with van der Waals surface area (Å²) < 4.78 is 7.50. The number of carboxylic acid groups (broad SMARTS) is 1. The quantitative estimate of drug-likeness (QED) is 0.0302. The summed E-state index contributed by atoms with van der Waals surface area (Å²) >= 11 is 23.1. The van der Waals surface area contributed by atoms with Crippen molar-refractivity contribution in [3.63, 3.8) is 0 Å². The molecule has 9 aromatic heterocycles. The van der Waals surface area contributed by atoms with E-state index in [-0.39, 0.29) is 63.8 Å². The average molecular weight is 1410 g/mol. The maximum atomic E-state index is 12.3. The van der Waals surface area contributed by atoms with E-state index in [1.54, 1.807) is 43.0 Å². The second-order valence-corrected chi connectivity index (χ2v) is 25.4. The molecule has 0 aliphatic heterocycles. The monoisotopic (exact) mass is 1410 g/mol. The van der Waals surface area contributed by atoms with Crippen LogP contribution in [0.1, 0.15) is 129 Å². The molecule has 0 spiro atoms. The number of amides is 1. The summed E-state index contributed by atoms with van der Waals surface area (Å²) in [6.07, 6.45) is 9.23. The molecule has 14 rings (SSSR count). The van der Waals surface area contributed by atoms with Gasteiger partial charge in [0.25, 0.3) is 5.91 Å². The minimum absolute atomic E-state index is 0. The van der Waals surface area contributed by atoms with Crippen LogP contribution in [0.25, 0.3) is 67.2 Å². The number of carbonyl (C=O) groups is 3. The SMILES string of the molecule is C.C.C.COC(=O)c1ccc(CNc2ncnc3c2sc2nnc(C)c(C)c23)cc1Cl.Cc1nnc2sc3c(NCc4ccc(C(=O)NC5CC5)c(Cl)c4)ncnc3c2c1C.Cc1nnc2sc3c(NCc4ccc(C(=O)O)c(Cl)c4)ncnc3c2c1C.N.NC1CC1.[Li+].[NH-]O. The number of fused-ring (bicyclic) bond motifs is 9. The van der Waals surface area contributed by atoms with Gasteiger partial charge in [-0.2, -0.15) is 15.3 Å². The van der Waals surface area contributed by atoms with Crippen molar-refractivity contribution in [2.45, 2.75) is 121 Å². The number of thiophene rings is 3. The summed E-state index contributed by atoms with van der Waals surface area (Å²) in [6.45, 7) is 13.4. The molecule has 0 unspecified atom stereocenters. The molecular formula is C64H73Cl3LiN19O6S3. The fourth-order valence-corrected chi connectivity index (χ4v) is 13.4. The summed E-state index contributed by atoms with van der Waals surface area (Å²) in [5, 5.41) is 57.8. The Labute approximate surface area is 593 Å². The first-order chi connectivity index (χ1) is 43.8. The Kier molecular flexibility index (Phi) is 28.4. The third-order valence-electron chi connectivity index (χ3n) is 14.9. The van der Waals surface area contributed by atoms with Gasteiger partial charge in [0.2, 0.25) is 0 Å². The second-order valence-electron chi connectivity index (χ2n) is 21.2. The van der Waals surface area contributed by atoms with Gasteiger partial charge in [0.1, 0.15) is 50.9 Å². The number of aromatic nitrogens is 12. The van der Waals surface area contributed by atoms with Crippen LogP contribution in [0.2, 0.25) is 15.1 Å². The summed E-state index contributed by atoms with van der Waals surface area (Å²) in [5.41, 5.74) is 17.4. The molecule has 500 valence electrons. The number of aryl methyl sites for hydroxylation is 6. The number of benzene rings is 3. The standard InChI is InChI=1S/C21H19ClN6OS.C19H16ClN5O2S.C18H14ClN5O2S.C3H7N.3CH4.Li.H2NO.H3N/c1-10-11(2)27-28-21-16(10)17-18(30-21)19(25-9-24-17)23-8-12-3-6-14(15(22)7-12)20(29)26-13-4-5-13;1-9-10(2)24-25-18-14(9)15-16(28-18)17(23-8-22-15)21-7-11-4-5-12(13(20)6-11)19(26)27-3;1-8-9(2)23-24-17-13(8)14-15(27-17)16(22-7-21-14)20-6-10-3-4-11(18(25)26)12(19)5-10;4-3-1-2-3;;;;;1-2;/h3,6-7,9,13H,4-5,8H2,1-2H3,(H,26,29)(H,23,24,25);4-6,8H,7H2,1-3H3,(H,21,22,23);3-5,7H,6H2,1-2H3,(H,25,26)(H,20,21,22);3H,1-2,4H2;3*1H4;;1-2H;1H3/q;;;;;;;+1;-1;. The molecule has 1 amide bonds. The van der Waals surface area contributed by atoms with Gasteiger partial charge in [0.15, 0.2) is 0 Å². The molecule has 2 aliphatic rings. The summed E-state index contributed by atoms with van der Waals surface area (Å²) in [4.78, 5) is 64.0. The minimum Gasteiger partial charge on any atom is -0.553 e. The van der Waals surface area contributed by atoms with Crippen molar-refractivity contribution in [1.29, 1.82) is 0 Å². The number of nitrogens with zero attached hydrogens (tertiary/aromatic N) is 12. The molecular weight excluding hydrogens is 1340 g/mol. The number of nitrogens with two attached hydrogens (primary N) is 1. The van der Waals surface area contributed by atoms with Crippen LogP contribution in [0.5, 0.6) is 0 Å². The molecule has 0 saturated heterocycles. The predicted molar refractivity (Wildman–Crippen MR) is 384 cm³/mol. The van der Waals surface area contributed by atoms with Crippen LogP contribution in [-0.2, 0) is 24.4 Å². The Morgan fingerprint density at radius 3 is 1.16 bits per heavy atom. The van der Waals surface area contributed by atoms with Gasteiger partial charge < -0.3 is 54.1 Å². The number of hydrogen-bond acceptors (Lipinski definition) is 25. The van der Waals surface area contributed by atoms with Crippen LogP contribution in [0.4, 0.5) is 17.5 Å². The first-order valence-electron chi connectivity index (χ1n) is 28.1. The Hall–Kier alpha value is -8.08. The number of nitrogens with one attached hydrogen (secondary N) is 5. The van der Waals surface area contributed by atoms with E-state index in [0.717, 1.165) is 136 Å². The Bertz CT molecular complexity index is 4770. The van der Waals surface area contributed by atoms with Gasteiger partial charge in [-0.25, -0.2) is 39.5 Å². The third-order valence-corrected chi connectivity index (χ3v) is 19.0. The maximum Gasteiger partial charge on any atom is 1.00 e. The number of carboxylic acids is 1. The van der Waals surface area contributed by atoms with E-state index in [9.17, 15) is 14.4 Å². The molecule has 3 aromatic carbocycles. The number of halogens is 3. The van der Waals surface area contributed by atoms with E-state index in [1.807, 2.05) is 59.7 Å². The molecule has 12 aromatic rings. The van der Waals surface area contributed by atoms with E-state index >= 15 is 0 Å². The molecule has 2 aliphatic carbocycles. The molecule has 2 saturated carbocycles. The fraction of sp³-hybridized carbons (Fsp3) is 0.297. The van der Waals surface area contributed by atoms with Crippen molar-refractivity contribution in [1.82, 2.24) is 72.0 Å². The molecule has 0 radical (unpaired) electrons. The number of ether oxygens (including phenoxy) is 1. The van der Waals surface area contributed by atoms with Crippen LogP contribution >= 0.6 is 68.8 Å². The number of methoxy groups -OCH3 is 1. The van der Waals surface area contributed by atoms with Gasteiger partial charge in [0, 0.05) is 47.9 Å². The van der Waals surface area contributed by atoms with Gasteiger partial charge in [-0.15, -0.1) is 49.3 Å². The van der Waals surface area contributed by atoms with E-state index in [4.69, 9.17) is 61.5 Å². The van der Waals surface area contributed by atoms with Crippen LogP contribution < -0.4 is 52.0 Å². The summed E-state index contributed by atoms with van der Waals surface area (Å²) in [5.74, 6) is 5.29. The summed E-state index contributed by atoms with van der Waals surface area (Å²) in [7, 11) is 1.33. The van der Waals surface area contributed by atoms with E-state index in [2.05, 4.69) is 81.8 Å². The van der Waals surface area contributed by atoms with E-state index in [1.165, 1.54) is 66.4 Å². The van der Waals surface area contributed by atoms with Crippen molar-refractivity contribution < 1.29 is 48.3 Å². The number of rotatable bonds is 13. The Balaban J connectivity index is 0.000000243. The molecule has 9 heterocycles. The zero-order valence-corrected chi connectivity index (χ0v) is 56.3. The van der Waals surface area contributed by atoms with Crippen LogP contribution in [0, 0.1) is 41.5 Å². The maximum absolute atomic E-state index is 12.3. The molecule has 12 N–H and O–H groups in total. The topological polar surface area (TPSA) is 389 Å². The van der Waals surface area contributed by atoms with Crippen LogP contribution in [-0.4, -0.2) is 108 Å². The first kappa shape index (κ1) is 78.6.